The summed E-state index contributed by atoms with van der Waals surface area (Å²) in [6.07, 6.45) is 3.44. The summed E-state index contributed by atoms with van der Waals surface area (Å²) in [6.45, 7) is 1.97. The second kappa shape index (κ2) is 6.30. The van der Waals surface area contributed by atoms with E-state index >= 15 is 0 Å². The van der Waals surface area contributed by atoms with Crippen LogP contribution in [0, 0.1) is 6.92 Å². The number of hydrogen-bond donors (Lipinski definition) is 0. The van der Waals surface area contributed by atoms with Gasteiger partial charge >= 0.3 is 11.7 Å². The molecule has 0 fully saturated rings. The number of rotatable bonds is 3. The Morgan fingerprint density at radius 2 is 1.66 bits per heavy atom. The van der Waals surface area contributed by atoms with Crippen molar-refractivity contribution in [1.82, 2.24) is 28.7 Å². The van der Waals surface area contributed by atoms with Crippen LogP contribution in [-0.4, -0.2) is 28.7 Å². The van der Waals surface area contributed by atoms with Crippen molar-refractivity contribution in [2.45, 2.75) is 6.92 Å². The number of imidazole rings is 2. The van der Waals surface area contributed by atoms with Crippen molar-refractivity contribution in [3.05, 3.63) is 70.9 Å². The van der Waals surface area contributed by atoms with E-state index in [0.29, 0.717) is 17.4 Å². The van der Waals surface area contributed by atoms with E-state index in [2.05, 4.69) is 15.0 Å². The number of aryl methyl sites for hydroxylation is 3. The summed E-state index contributed by atoms with van der Waals surface area (Å²) < 4.78 is 10.9. The summed E-state index contributed by atoms with van der Waals surface area (Å²) in [6, 6.07) is 13.4. The zero-order valence-electron chi connectivity index (χ0n) is 16.2. The predicted molar refractivity (Wildman–Crippen MR) is 110 cm³/mol. The minimum atomic E-state index is -0.142. The van der Waals surface area contributed by atoms with Crippen molar-refractivity contribution < 1.29 is 4.74 Å². The molecule has 144 valence electrons. The fourth-order valence-electron chi connectivity index (χ4n) is 3.55. The Bertz CT molecular complexity index is 1430. The molecule has 5 rings (SSSR count). The second-order valence-electron chi connectivity index (χ2n) is 6.87. The molecule has 0 aliphatic carbocycles. The molecular weight excluding hydrogens is 368 g/mol. The van der Waals surface area contributed by atoms with Gasteiger partial charge in [-0.15, -0.1) is 0 Å². The van der Waals surface area contributed by atoms with Crippen LogP contribution in [0.1, 0.15) is 5.56 Å². The maximum atomic E-state index is 12.8. The molecule has 0 amide bonds. The molecule has 0 saturated heterocycles. The van der Waals surface area contributed by atoms with Crippen LogP contribution in [0.25, 0.3) is 28.0 Å². The van der Waals surface area contributed by atoms with Crippen LogP contribution < -0.4 is 10.4 Å². The van der Waals surface area contributed by atoms with Gasteiger partial charge in [0.15, 0.2) is 11.3 Å². The van der Waals surface area contributed by atoms with E-state index in [-0.39, 0.29) is 5.69 Å². The highest BCUT2D eigenvalue weighted by Crippen LogP contribution is 2.25. The van der Waals surface area contributed by atoms with Crippen LogP contribution in [0.5, 0.6) is 11.8 Å². The monoisotopic (exact) mass is 386 g/mol. The van der Waals surface area contributed by atoms with Crippen LogP contribution in [0.2, 0.25) is 0 Å². The average Bonchev–Trinajstić information content (AvgIpc) is 3.18. The fourth-order valence-corrected chi connectivity index (χ4v) is 3.55. The van der Waals surface area contributed by atoms with Crippen molar-refractivity contribution in [2.75, 3.05) is 0 Å². The Morgan fingerprint density at radius 3 is 2.41 bits per heavy atom. The van der Waals surface area contributed by atoms with Crippen molar-refractivity contribution in [3.8, 4) is 17.4 Å². The molecule has 0 aliphatic rings. The van der Waals surface area contributed by atoms with Crippen LogP contribution in [0.4, 0.5) is 0 Å². The van der Waals surface area contributed by atoms with Crippen molar-refractivity contribution in [1.29, 1.82) is 0 Å². The summed E-state index contributed by atoms with van der Waals surface area (Å²) in [7, 11) is 3.61. The van der Waals surface area contributed by atoms with Gasteiger partial charge < -0.3 is 4.74 Å². The Kier molecular flexibility index (Phi) is 3.73. The van der Waals surface area contributed by atoms with Gasteiger partial charge in [0, 0.05) is 26.5 Å². The first kappa shape index (κ1) is 17.2. The normalized spacial score (nSPS) is 11.4. The number of aromatic nitrogens is 6. The second-order valence-corrected chi connectivity index (χ2v) is 6.87. The van der Waals surface area contributed by atoms with E-state index in [1.165, 1.54) is 0 Å². The van der Waals surface area contributed by atoms with Crippen LogP contribution in [0.3, 0.4) is 0 Å². The highest BCUT2D eigenvalue weighted by Gasteiger charge is 2.15. The Morgan fingerprint density at radius 1 is 0.897 bits per heavy atom. The number of hydrogen-bond acceptors (Lipinski definition) is 5. The molecule has 8 heteroatoms. The van der Waals surface area contributed by atoms with Gasteiger partial charge in [0.25, 0.3) is 0 Å². The first-order chi connectivity index (χ1) is 14.0. The van der Waals surface area contributed by atoms with Gasteiger partial charge in [0.05, 0.1) is 11.2 Å². The Labute approximate surface area is 165 Å². The fraction of sp³-hybridized carbons (Fsp3) is 0.143. The molecule has 0 N–H and O–H groups in total. The molecule has 0 unspecified atom stereocenters. The lowest BCUT2D eigenvalue weighted by Crippen LogP contribution is -2.20. The molecule has 5 aromatic rings. The lowest BCUT2D eigenvalue weighted by molar-refractivity contribution is 0.427. The standard InChI is InChI=1S/C21H18N6O2/c1-13-10-12-23-19-17(13)25(2)21(28)27(19)14-6-8-15(9-7-14)29-20-24-16-5-4-11-22-18(16)26(20)3/h4-12H,1-3H3. The lowest BCUT2D eigenvalue weighted by atomic mass is 10.2. The Hall–Kier alpha value is -3.94. The van der Waals surface area contributed by atoms with Crippen LogP contribution in [0.15, 0.2) is 59.7 Å². The molecule has 1 aromatic carbocycles. The molecule has 0 aliphatic heterocycles. The van der Waals surface area contributed by atoms with E-state index in [0.717, 1.165) is 27.9 Å². The molecular formula is C21H18N6O2. The summed E-state index contributed by atoms with van der Waals surface area (Å²) in [5.41, 5.74) is 4.56. The maximum absolute atomic E-state index is 12.8. The van der Waals surface area contributed by atoms with E-state index in [4.69, 9.17) is 4.74 Å². The summed E-state index contributed by atoms with van der Waals surface area (Å²) in [5.74, 6) is 0.615. The van der Waals surface area contributed by atoms with E-state index in [1.807, 2.05) is 56.4 Å². The topological polar surface area (TPSA) is 79.8 Å². The highest BCUT2D eigenvalue weighted by molar-refractivity contribution is 5.77. The van der Waals surface area contributed by atoms with Crippen molar-refractivity contribution >= 4 is 22.3 Å². The summed E-state index contributed by atoms with van der Waals surface area (Å²) >= 11 is 0. The molecule has 0 radical (unpaired) electrons. The van der Waals surface area contributed by atoms with Gasteiger partial charge in [-0.1, -0.05) is 0 Å². The number of nitrogens with zero attached hydrogens (tertiary/aromatic N) is 6. The molecule has 29 heavy (non-hydrogen) atoms. The highest BCUT2D eigenvalue weighted by atomic mass is 16.5. The van der Waals surface area contributed by atoms with Gasteiger partial charge in [0.2, 0.25) is 0 Å². The van der Waals surface area contributed by atoms with Gasteiger partial charge in [-0.3, -0.25) is 9.13 Å². The predicted octanol–water partition coefficient (Wildman–Crippen LogP) is 3.11. The zero-order valence-corrected chi connectivity index (χ0v) is 16.2. The van der Waals surface area contributed by atoms with Crippen LogP contribution in [-0.2, 0) is 14.1 Å². The maximum Gasteiger partial charge on any atom is 0.334 e. The zero-order chi connectivity index (χ0) is 20.1. The first-order valence-corrected chi connectivity index (χ1v) is 9.13. The van der Waals surface area contributed by atoms with Gasteiger partial charge in [-0.05, 0) is 55.0 Å². The average molecular weight is 386 g/mol. The van der Waals surface area contributed by atoms with Crippen molar-refractivity contribution in [2.24, 2.45) is 14.1 Å². The molecule has 4 heterocycles. The number of ether oxygens (including phenoxy) is 1. The Balaban J connectivity index is 1.54. The molecule has 0 spiro atoms. The SMILES string of the molecule is Cc1ccnc2c1n(C)c(=O)n2-c1ccc(Oc2nc3cccnc3n2C)cc1. The molecule has 4 aromatic heterocycles. The minimum Gasteiger partial charge on any atom is -0.425 e. The smallest absolute Gasteiger partial charge is 0.334 e. The number of pyridine rings is 2. The third-order valence-corrected chi connectivity index (χ3v) is 5.02. The molecule has 0 saturated carbocycles. The third kappa shape index (κ3) is 2.60. The molecule has 0 atom stereocenters. The third-order valence-electron chi connectivity index (χ3n) is 5.02. The quantitative estimate of drug-likeness (QED) is 0.476. The lowest BCUT2D eigenvalue weighted by Gasteiger charge is -2.07. The van der Waals surface area contributed by atoms with E-state index < -0.39 is 0 Å². The first-order valence-electron chi connectivity index (χ1n) is 9.13. The number of fused-ring (bicyclic) bond motifs is 2. The van der Waals surface area contributed by atoms with E-state index in [9.17, 15) is 4.79 Å². The molecule has 0 bridgehead atoms. The summed E-state index contributed by atoms with van der Waals surface area (Å²) in [4.78, 5) is 26.0. The molecule has 8 nitrogen and oxygen atoms in total. The van der Waals surface area contributed by atoms with Gasteiger partial charge in [-0.25, -0.2) is 19.3 Å². The number of benzene rings is 1. The minimum absolute atomic E-state index is 0.142. The summed E-state index contributed by atoms with van der Waals surface area (Å²) in [5, 5.41) is 0. The largest absolute Gasteiger partial charge is 0.425 e. The van der Waals surface area contributed by atoms with Gasteiger partial charge in [0.1, 0.15) is 11.3 Å². The van der Waals surface area contributed by atoms with Crippen LogP contribution >= 0.6 is 0 Å². The van der Waals surface area contributed by atoms with Crippen molar-refractivity contribution in [3.63, 3.8) is 0 Å². The van der Waals surface area contributed by atoms with Gasteiger partial charge in [-0.2, -0.15) is 4.98 Å². The van der Waals surface area contributed by atoms with E-state index in [1.54, 1.807) is 33.1 Å².